The first-order chi connectivity index (χ1) is 51.0. The first-order valence-corrected chi connectivity index (χ1v) is 39.4. The van der Waals surface area contributed by atoms with Crippen LogP contribution in [0.2, 0.25) is 0 Å². The molecule has 0 aromatic carbocycles. The lowest BCUT2D eigenvalue weighted by molar-refractivity contribution is -0.395. The number of allylic oxidation sites excluding steroid dienone is 2. The topological polar surface area (TPSA) is 503 Å². The molecule has 32 heteroatoms. The summed E-state index contributed by atoms with van der Waals surface area (Å²) in [5.41, 5.74) is -4.94. The molecule has 16 N–H and O–H groups in total. The van der Waals surface area contributed by atoms with Gasteiger partial charge in [0.1, 0.15) is 103 Å². The molecule has 4 saturated carbocycles. The number of carbonyl (C=O) groups excluding carboxylic acids is 4. The second kappa shape index (κ2) is 34.2. The number of ether oxygens (including phenoxy) is 12. The molecule has 626 valence electrons. The van der Waals surface area contributed by atoms with Crippen LogP contribution in [-0.2, 0) is 76.0 Å². The van der Waals surface area contributed by atoms with Crippen LogP contribution >= 0.6 is 0 Å². The molecule has 0 amide bonds. The number of hydrogen-bond acceptors (Lipinski definition) is 32. The summed E-state index contributed by atoms with van der Waals surface area (Å²) < 4.78 is 73.1. The number of aliphatic hydroxyl groups excluding tert-OH is 16. The lowest BCUT2D eigenvalue weighted by Crippen LogP contribution is -2.71. The van der Waals surface area contributed by atoms with Gasteiger partial charge in [0, 0.05) is 18.3 Å². The van der Waals surface area contributed by atoms with Crippen LogP contribution in [0.4, 0.5) is 0 Å². The molecule has 0 spiro atoms. The van der Waals surface area contributed by atoms with Gasteiger partial charge in [0.15, 0.2) is 37.4 Å². The summed E-state index contributed by atoms with van der Waals surface area (Å²) in [4.78, 5) is 57.3. The molecule has 109 heavy (non-hydrogen) atoms. The molecule has 6 unspecified atom stereocenters. The number of aldehydes is 1. The summed E-state index contributed by atoms with van der Waals surface area (Å²) >= 11 is 0. The molecule has 0 radical (unpaired) electrons. The number of esters is 3. The molecular formula is C77H126O32. The Labute approximate surface area is 636 Å². The van der Waals surface area contributed by atoms with E-state index in [-0.39, 0.29) is 48.9 Å². The molecule has 39 atom stereocenters. The van der Waals surface area contributed by atoms with Crippen molar-refractivity contribution in [2.24, 2.45) is 61.6 Å². The quantitative estimate of drug-likeness (QED) is 0.0220. The third-order valence-corrected chi connectivity index (χ3v) is 28.2. The first kappa shape index (κ1) is 88.2. The van der Waals surface area contributed by atoms with Gasteiger partial charge in [0.05, 0.1) is 80.8 Å². The zero-order chi connectivity index (χ0) is 80.5. The maximum absolute atomic E-state index is 16.3. The summed E-state index contributed by atoms with van der Waals surface area (Å²) in [5, 5.41) is 179. The van der Waals surface area contributed by atoms with Gasteiger partial charge < -0.3 is 143 Å². The minimum absolute atomic E-state index is 0.00227. The predicted molar refractivity (Wildman–Crippen MR) is 376 cm³/mol. The molecule has 5 aliphatic heterocycles. The zero-order valence-electron chi connectivity index (χ0n) is 65.1. The Balaban J connectivity index is 0.931. The number of fused-ring (bicyclic) bond motifs is 7. The van der Waals surface area contributed by atoms with Gasteiger partial charge in [-0.1, -0.05) is 101 Å². The molecule has 9 fully saturated rings. The third-order valence-electron chi connectivity index (χ3n) is 28.2. The zero-order valence-corrected chi connectivity index (χ0v) is 65.1. The van der Waals surface area contributed by atoms with Gasteiger partial charge in [-0.2, -0.15) is 0 Å². The lowest BCUT2D eigenvalue weighted by atomic mass is 9.31. The van der Waals surface area contributed by atoms with Crippen LogP contribution in [-0.4, -0.2) is 304 Å². The van der Waals surface area contributed by atoms with Crippen LogP contribution in [0.15, 0.2) is 11.6 Å². The Morgan fingerprint density at radius 3 is 1.74 bits per heavy atom. The Morgan fingerprint density at radius 2 is 1.11 bits per heavy atom. The van der Waals surface area contributed by atoms with Crippen molar-refractivity contribution < 1.29 is 158 Å². The summed E-state index contributed by atoms with van der Waals surface area (Å²) in [6, 6.07) is 0. The number of rotatable bonds is 27. The van der Waals surface area contributed by atoms with Crippen molar-refractivity contribution in [1.29, 1.82) is 0 Å². The van der Waals surface area contributed by atoms with Crippen LogP contribution in [0.3, 0.4) is 0 Å². The van der Waals surface area contributed by atoms with Crippen molar-refractivity contribution in [3.63, 3.8) is 0 Å². The largest absolute Gasteiger partial charge is 0.462 e. The van der Waals surface area contributed by atoms with E-state index in [0.29, 0.717) is 57.8 Å². The van der Waals surface area contributed by atoms with E-state index >= 15 is 4.79 Å². The highest BCUT2D eigenvalue weighted by Crippen LogP contribution is 2.78. The average molecular weight is 1560 g/mol. The Kier molecular flexibility index (Phi) is 27.7. The van der Waals surface area contributed by atoms with Gasteiger partial charge in [-0.25, -0.2) is 0 Å². The molecular weight excluding hydrogens is 1440 g/mol. The van der Waals surface area contributed by atoms with Gasteiger partial charge in [-0.05, 0) is 117 Å². The molecule has 5 saturated heterocycles. The fourth-order valence-electron chi connectivity index (χ4n) is 21.1. The molecule has 0 aromatic rings. The van der Waals surface area contributed by atoms with Crippen LogP contribution < -0.4 is 0 Å². The van der Waals surface area contributed by atoms with Gasteiger partial charge in [-0.15, -0.1) is 0 Å². The minimum atomic E-state index is -2.22. The minimum Gasteiger partial charge on any atom is -0.462 e. The predicted octanol–water partition coefficient (Wildman–Crippen LogP) is -0.140. The molecule has 5 heterocycles. The van der Waals surface area contributed by atoms with Crippen molar-refractivity contribution in [3.8, 4) is 0 Å². The van der Waals surface area contributed by atoms with Crippen molar-refractivity contribution in [1.82, 2.24) is 0 Å². The first-order valence-electron chi connectivity index (χ1n) is 39.4. The van der Waals surface area contributed by atoms with Crippen molar-refractivity contribution in [3.05, 3.63) is 11.6 Å². The van der Waals surface area contributed by atoms with Crippen LogP contribution in [0.5, 0.6) is 0 Å². The number of hydrogen-bond donors (Lipinski definition) is 16. The highest BCUT2D eigenvalue weighted by atomic mass is 16.8. The molecule has 5 aliphatic carbocycles. The standard InChI is InChI=1S/C77H126O32/c1-14-34(3)41(101-50(86)26-39(82)25-42(35(4)15-2)102-66-57(93)54(90)44(30-79)103-66)24-38(81)27-51(87)105-61-36(5)100-69(64(59(61)95)108-68-60(96)63(107-67-58(94)55(91)53(89)43(29-78)104-67)62(37(6)99-68)106-65-56(92)52(88)40(83)31-98-65)109-70(97)77-23-22-71(7,8)32-76(77,13)47-17-16-46-72(9)20-19-48(84)73(10,33-80)45(72)18-21-74(46,11)75(47,12)28-49(77)85/h17,33-46,48-49,52-69,78-79,81-85,88-96H,14-16,18-32H2,1-13H3/t34-,35-,36+,37-,38+,39+,40+,41?,42?,43-,44+,45?,46?,48-,49+,52-,53-,54+,55+,56?,57-,58-,59-,60+,61-,62-,63?,64+,65-,66-,67+,68-,69-,72-,73-,74+,75+,76-,77+/m0/s1. The lowest BCUT2D eigenvalue weighted by Gasteiger charge is -2.73. The van der Waals surface area contributed by atoms with Gasteiger partial charge in [-0.3, -0.25) is 14.4 Å². The third kappa shape index (κ3) is 16.4. The van der Waals surface area contributed by atoms with Gasteiger partial charge in [0.2, 0.25) is 6.29 Å². The SMILES string of the molecule is CC[C@H](C)C(C[C@@H](O)CC(=O)O[C@@H]1[C@H](O)[C@@H](O[C@@H]2O[C@@H](C)[C@H](O[C@@H]3OC[C@@H](O)[C@H](O)C3O)C(O[C@H]3O[C@@H](CO)[C@H](O)[C@@H](O)[C@@H]3O)[C@H]2O)[C@H](OC(=O)[C@]23CCC(C)(C)C[C@@]2(C)C2=CCC4[C@@]5(C)CC[C@H](O)[C@@](C)(C=O)C5CC[C@@]4(C)[C@]2(C)C[C@H]3O)O[C@@H]1C)OC(=O)C[C@H](O)CC(O[C@H]1O[C@H](CO)[C@@H](O)[C@@H]1O)[C@@H](C)CC. The van der Waals surface area contributed by atoms with Crippen molar-refractivity contribution in [2.45, 2.75) is 364 Å². The smallest absolute Gasteiger partial charge is 0.318 e. The highest BCUT2D eigenvalue weighted by Gasteiger charge is 2.76. The second-order valence-electron chi connectivity index (χ2n) is 35.5. The van der Waals surface area contributed by atoms with Crippen LogP contribution in [0.1, 0.15) is 186 Å². The van der Waals surface area contributed by atoms with E-state index in [0.717, 1.165) is 11.9 Å². The van der Waals surface area contributed by atoms with Crippen LogP contribution in [0.25, 0.3) is 0 Å². The highest BCUT2D eigenvalue weighted by molar-refractivity contribution is 5.81. The molecule has 32 nitrogen and oxygen atoms in total. The number of aliphatic hydroxyl groups is 16. The van der Waals surface area contributed by atoms with Gasteiger partial charge in [0.25, 0.3) is 0 Å². The molecule has 0 bridgehead atoms. The molecule has 10 aliphatic rings. The monoisotopic (exact) mass is 1560 g/mol. The van der Waals surface area contributed by atoms with Gasteiger partial charge >= 0.3 is 17.9 Å². The van der Waals surface area contributed by atoms with Crippen molar-refractivity contribution >= 4 is 24.2 Å². The number of carbonyl (C=O) groups is 4. The Morgan fingerprint density at radius 1 is 0.560 bits per heavy atom. The summed E-state index contributed by atoms with van der Waals surface area (Å²) in [6.45, 7) is 22.7. The van der Waals surface area contributed by atoms with E-state index in [4.69, 9.17) is 56.8 Å². The normalized spacial score (nSPS) is 47.9. The van der Waals surface area contributed by atoms with Crippen molar-refractivity contribution in [2.75, 3.05) is 19.8 Å². The van der Waals surface area contributed by atoms with E-state index in [9.17, 15) is 96.1 Å². The fraction of sp³-hybridized carbons (Fsp3) is 0.922. The summed E-state index contributed by atoms with van der Waals surface area (Å²) in [6.07, 6.45) is -41.2. The van der Waals surface area contributed by atoms with Crippen LogP contribution in [0, 0.1) is 61.6 Å². The Bertz CT molecular complexity index is 3130. The molecule has 0 aromatic heterocycles. The maximum Gasteiger partial charge on any atom is 0.318 e. The van der Waals surface area contributed by atoms with E-state index in [1.54, 1.807) is 6.92 Å². The second-order valence-corrected chi connectivity index (χ2v) is 35.5. The fourth-order valence-corrected chi connectivity index (χ4v) is 21.1. The van der Waals surface area contributed by atoms with E-state index < -0.39 is 267 Å². The maximum atomic E-state index is 16.3. The summed E-state index contributed by atoms with van der Waals surface area (Å²) in [5.74, 6) is -3.71. The van der Waals surface area contributed by atoms with E-state index in [1.807, 2.05) is 34.6 Å². The molecule has 10 rings (SSSR count). The van der Waals surface area contributed by atoms with E-state index in [2.05, 4.69) is 40.7 Å². The Hall–Kier alpha value is -3.18. The average Bonchev–Trinajstić information content (AvgIpc) is 0.712. The van der Waals surface area contributed by atoms with E-state index in [1.165, 1.54) is 13.8 Å². The summed E-state index contributed by atoms with van der Waals surface area (Å²) in [7, 11) is 0.